The number of benzene rings is 3. The second-order valence-corrected chi connectivity index (χ2v) is 12.9. The van der Waals surface area contributed by atoms with Crippen LogP contribution < -0.4 is 20.5 Å². The summed E-state index contributed by atoms with van der Waals surface area (Å²) in [6.07, 6.45) is 6.88. The quantitative estimate of drug-likeness (QED) is 0.157. The zero-order chi connectivity index (χ0) is 35.9. The van der Waals surface area contributed by atoms with E-state index in [1.54, 1.807) is 6.20 Å². The Bertz CT molecular complexity index is 2190. The van der Waals surface area contributed by atoms with E-state index >= 15 is 0 Å². The summed E-state index contributed by atoms with van der Waals surface area (Å²) in [5, 5.41) is 4.17. The number of piperidine rings is 1. The number of fused-ring (bicyclic) bond motifs is 1. The van der Waals surface area contributed by atoms with Crippen LogP contribution in [0.1, 0.15) is 58.6 Å². The number of carbonyl (C=O) groups is 1. The normalized spacial score (nSPS) is 14.9. The number of morpholine rings is 1. The number of nitrogens with zero attached hydrogens (tertiary/aromatic N) is 5. The molecule has 12 heteroatoms. The Morgan fingerprint density at radius 1 is 0.981 bits per heavy atom. The average molecular weight is 705 g/mol. The van der Waals surface area contributed by atoms with Gasteiger partial charge in [0.05, 0.1) is 26.1 Å². The van der Waals surface area contributed by atoms with Crippen LogP contribution in [0.5, 0.6) is 5.75 Å². The van der Waals surface area contributed by atoms with E-state index in [0.717, 1.165) is 80.8 Å². The number of Topliss-reactive ketones (excluding diaryl/α,β-unsaturated/α-hetero) is 1. The van der Waals surface area contributed by atoms with Gasteiger partial charge in [-0.25, -0.2) is 23.7 Å². The maximum absolute atomic E-state index is 13.7. The molecule has 0 amide bonds. The van der Waals surface area contributed by atoms with Crippen LogP contribution in [0.3, 0.4) is 0 Å². The van der Waals surface area contributed by atoms with Crippen molar-refractivity contribution in [2.24, 2.45) is 0 Å². The van der Waals surface area contributed by atoms with Gasteiger partial charge in [0, 0.05) is 61.4 Å². The molecule has 2 saturated heterocycles. The molecule has 7 rings (SSSR count). The Kier molecular flexibility index (Phi) is 10.9. The molecule has 0 atom stereocenters. The monoisotopic (exact) mass is 704 g/mol. The van der Waals surface area contributed by atoms with Crippen LogP contribution in [0.15, 0.2) is 78.1 Å². The SMILES string of the molecule is O=C(CCC#Cc1cc(OC2CCNCC2)c2nc(Cc3ccc(N4CCOCC4)cc3)ncc2c1)c1cncn(Cc2ccc(F)c(F)c2)c1=O. The molecule has 266 valence electrons. The number of hydrogen-bond acceptors (Lipinski definition) is 9. The van der Waals surface area contributed by atoms with Crippen molar-refractivity contribution >= 4 is 22.4 Å². The third-order valence-corrected chi connectivity index (χ3v) is 9.20. The van der Waals surface area contributed by atoms with Gasteiger partial charge in [-0.05, 0) is 73.5 Å². The van der Waals surface area contributed by atoms with Crippen molar-refractivity contribution in [2.45, 2.75) is 44.8 Å². The number of ether oxygens (including phenoxy) is 2. The van der Waals surface area contributed by atoms with Gasteiger partial charge in [-0.3, -0.25) is 14.2 Å². The van der Waals surface area contributed by atoms with Crippen molar-refractivity contribution < 1.29 is 23.0 Å². The van der Waals surface area contributed by atoms with E-state index in [1.165, 1.54) is 28.8 Å². The molecule has 0 radical (unpaired) electrons. The van der Waals surface area contributed by atoms with Crippen molar-refractivity contribution in [3.8, 4) is 17.6 Å². The molecule has 2 aliphatic rings. The van der Waals surface area contributed by atoms with Gasteiger partial charge in [0.15, 0.2) is 17.4 Å². The molecule has 0 unspecified atom stereocenters. The largest absolute Gasteiger partial charge is 0.488 e. The topological polar surface area (TPSA) is 111 Å². The first kappa shape index (κ1) is 34.9. The Balaban J connectivity index is 1.05. The van der Waals surface area contributed by atoms with Gasteiger partial charge in [-0.1, -0.05) is 30.0 Å². The van der Waals surface area contributed by atoms with Crippen molar-refractivity contribution in [3.63, 3.8) is 0 Å². The predicted molar refractivity (Wildman–Crippen MR) is 193 cm³/mol. The molecular formula is C40H38F2N6O4. The Morgan fingerprint density at radius 2 is 1.77 bits per heavy atom. The van der Waals surface area contributed by atoms with Crippen LogP contribution in [0.4, 0.5) is 14.5 Å². The molecule has 10 nitrogen and oxygen atoms in total. The summed E-state index contributed by atoms with van der Waals surface area (Å²) in [5.41, 5.74) is 3.45. The van der Waals surface area contributed by atoms with Gasteiger partial charge in [0.1, 0.15) is 28.8 Å². The molecule has 2 aliphatic heterocycles. The molecule has 0 saturated carbocycles. The fraction of sp³-hybridized carbons (Fsp3) is 0.325. The predicted octanol–water partition coefficient (Wildman–Crippen LogP) is 5.09. The lowest BCUT2D eigenvalue weighted by Gasteiger charge is -2.28. The number of hydrogen-bond donors (Lipinski definition) is 1. The van der Waals surface area contributed by atoms with Crippen LogP contribution in [0, 0.1) is 23.5 Å². The third-order valence-electron chi connectivity index (χ3n) is 9.20. The molecule has 52 heavy (non-hydrogen) atoms. The van der Waals surface area contributed by atoms with Crippen LogP contribution in [-0.4, -0.2) is 70.8 Å². The minimum Gasteiger partial charge on any atom is -0.488 e. The number of carbonyl (C=O) groups excluding carboxylic acids is 1. The van der Waals surface area contributed by atoms with Crippen molar-refractivity contribution in [3.05, 3.63) is 123 Å². The minimum absolute atomic E-state index is 0.00498. The second kappa shape index (κ2) is 16.2. The summed E-state index contributed by atoms with van der Waals surface area (Å²) in [6.45, 7) is 4.96. The summed E-state index contributed by atoms with van der Waals surface area (Å²) in [6, 6.07) is 15.7. The zero-order valence-electron chi connectivity index (χ0n) is 28.6. The van der Waals surface area contributed by atoms with E-state index in [9.17, 15) is 18.4 Å². The summed E-state index contributed by atoms with van der Waals surface area (Å²) in [4.78, 5) is 42.0. The molecule has 5 aromatic rings. The van der Waals surface area contributed by atoms with Crippen LogP contribution >= 0.6 is 0 Å². The number of aromatic nitrogens is 4. The van der Waals surface area contributed by atoms with E-state index in [0.29, 0.717) is 29.1 Å². The second-order valence-electron chi connectivity index (χ2n) is 12.9. The lowest BCUT2D eigenvalue weighted by Crippen LogP contribution is -2.36. The molecule has 4 heterocycles. The van der Waals surface area contributed by atoms with Crippen molar-refractivity contribution in [1.82, 2.24) is 24.8 Å². The summed E-state index contributed by atoms with van der Waals surface area (Å²) < 4.78 is 40.2. The van der Waals surface area contributed by atoms with E-state index in [1.807, 2.05) is 12.1 Å². The molecule has 2 aromatic heterocycles. The Hall–Kier alpha value is -5.51. The minimum atomic E-state index is -1.01. The lowest BCUT2D eigenvalue weighted by atomic mass is 10.1. The van der Waals surface area contributed by atoms with E-state index < -0.39 is 23.0 Å². The molecule has 0 aliphatic carbocycles. The summed E-state index contributed by atoms with van der Waals surface area (Å²) in [5.74, 6) is 5.15. The zero-order valence-corrected chi connectivity index (χ0v) is 28.6. The average Bonchev–Trinajstić information content (AvgIpc) is 3.17. The Labute approximate surface area is 299 Å². The Morgan fingerprint density at radius 3 is 2.56 bits per heavy atom. The van der Waals surface area contributed by atoms with Gasteiger partial charge in [0.25, 0.3) is 5.56 Å². The number of rotatable bonds is 10. The number of anilines is 1. The standard InChI is InChI=1S/C40H38F2N6O4/c41-34-10-7-29(20-35(34)42)25-48-26-44-24-33(40(48)50)36(49)4-2-1-3-28-19-30-23-45-38(46-39(30)37(21-28)52-32-11-13-43-14-12-32)22-27-5-8-31(9-6-27)47-15-17-51-18-16-47/h5-10,19-21,23-24,26,32,43H,2,4,11-18,22,25H2. The van der Waals surface area contributed by atoms with E-state index in [4.69, 9.17) is 14.5 Å². The number of nitrogens with one attached hydrogen (secondary N) is 1. The van der Waals surface area contributed by atoms with E-state index in [2.05, 4.69) is 56.3 Å². The molecule has 1 N–H and O–H groups in total. The fourth-order valence-corrected chi connectivity index (χ4v) is 6.38. The highest BCUT2D eigenvalue weighted by molar-refractivity contribution is 5.95. The molecule has 2 fully saturated rings. The summed E-state index contributed by atoms with van der Waals surface area (Å²) >= 11 is 0. The number of ketones is 1. The first-order valence-electron chi connectivity index (χ1n) is 17.5. The number of halogens is 2. The maximum atomic E-state index is 13.7. The van der Waals surface area contributed by atoms with Crippen molar-refractivity contribution in [2.75, 3.05) is 44.3 Å². The van der Waals surface area contributed by atoms with E-state index in [-0.39, 0.29) is 31.1 Å². The van der Waals surface area contributed by atoms with Gasteiger partial charge in [-0.15, -0.1) is 0 Å². The molecule has 3 aromatic carbocycles. The molecular weight excluding hydrogens is 666 g/mol. The van der Waals surface area contributed by atoms with Crippen molar-refractivity contribution in [1.29, 1.82) is 0 Å². The van der Waals surface area contributed by atoms with Crippen LogP contribution in [0.2, 0.25) is 0 Å². The lowest BCUT2D eigenvalue weighted by molar-refractivity contribution is 0.0981. The smallest absolute Gasteiger partial charge is 0.264 e. The highest BCUT2D eigenvalue weighted by atomic mass is 19.2. The van der Waals surface area contributed by atoms with Crippen LogP contribution in [0.25, 0.3) is 10.9 Å². The van der Waals surface area contributed by atoms with Crippen LogP contribution in [-0.2, 0) is 17.7 Å². The van der Waals surface area contributed by atoms with Gasteiger partial charge in [-0.2, -0.15) is 0 Å². The third kappa shape index (κ3) is 8.50. The maximum Gasteiger partial charge on any atom is 0.264 e. The fourth-order valence-electron chi connectivity index (χ4n) is 6.38. The first-order chi connectivity index (χ1) is 25.4. The molecule has 0 bridgehead atoms. The first-order valence-corrected chi connectivity index (χ1v) is 17.5. The van der Waals surface area contributed by atoms with Gasteiger partial charge >= 0.3 is 0 Å². The van der Waals surface area contributed by atoms with Gasteiger partial charge in [0.2, 0.25) is 0 Å². The molecule has 0 spiro atoms. The highest BCUT2D eigenvalue weighted by Crippen LogP contribution is 2.29. The van der Waals surface area contributed by atoms with Gasteiger partial charge < -0.3 is 19.7 Å². The summed E-state index contributed by atoms with van der Waals surface area (Å²) in [7, 11) is 0. The highest BCUT2D eigenvalue weighted by Gasteiger charge is 2.18.